The summed E-state index contributed by atoms with van der Waals surface area (Å²) < 4.78 is 34.1. The van der Waals surface area contributed by atoms with Crippen molar-refractivity contribution in [2.24, 2.45) is 0 Å². The van der Waals surface area contributed by atoms with Crippen LogP contribution < -0.4 is 0 Å². The molecule has 0 rings (SSSR count). The topological polar surface area (TPSA) is 332 Å². The van der Waals surface area contributed by atoms with Crippen LogP contribution in [0.2, 0.25) is 0 Å². The Hall–Kier alpha value is 0.927. The van der Waals surface area contributed by atoms with E-state index >= 15 is 0 Å². The maximum atomic E-state index is 8.52. The predicted octanol–water partition coefficient (Wildman–Crippen LogP) is -7.94. The van der Waals surface area contributed by atoms with Gasteiger partial charge in [-0.05, 0) is 0 Å². The fraction of sp³-hybridized carbons (Fsp3) is 0. The molecule has 0 amide bonds. The maximum Gasteiger partial charge on any atom is 3.00 e. The monoisotopic (exact) mass is 380 g/mol. The molecule has 0 aromatic carbocycles. The molecule has 12 nitrogen and oxygen atoms in total. The van der Waals surface area contributed by atoms with E-state index in [1.54, 1.807) is 0 Å². The molecule has 16 N–H and O–H groups in total. The van der Waals surface area contributed by atoms with E-state index in [1.165, 1.54) is 0 Å². The van der Waals surface area contributed by atoms with Crippen molar-refractivity contribution in [2.75, 3.05) is 0 Å². The minimum absolute atomic E-state index is 0. The Morgan fingerprint density at radius 2 is 0.571 bits per heavy atom. The van der Waals surface area contributed by atoms with Crippen LogP contribution in [0.25, 0.3) is 0 Å². The van der Waals surface area contributed by atoms with Gasteiger partial charge in [-0.2, -0.15) is 0 Å². The van der Waals surface area contributed by atoms with Crippen LogP contribution in [0.3, 0.4) is 0 Å². The van der Waals surface area contributed by atoms with Gasteiger partial charge in [0, 0.05) is 10.4 Å². The second-order valence-electron chi connectivity index (χ2n) is 0.408. The summed E-state index contributed by atoms with van der Waals surface area (Å²) in [4.78, 5) is 0. The van der Waals surface area contributed by atoms with Gasteiger partial charge in [-0.1, -0.05) is 0 Å². The van der Waals surface area contributed by atoms with Gasteiger partial charge < -0.3 is 52.9 Å². The van der Waals surface area contributed by atoms with Crippen molar-refractivity contribution in [3.05, 3.63) is 0 Å². The Morgan fingerprint density at radius 1 is 0.571 bits per heavy atom. The zero-order chi connectivity index (χ0) is 4.50. The first-order valence-electron chi connectivity index (χ1n) is 0.667. The van der Waals surface area contributed by atoms with Gasteiger partial charge in [0.1, 0.15) is 0 Å². The van der Waals surface area contributed by atoms with Gasteiger partial charge in [0.25, 0.3) is 0 Å². The average molecular weight is 380 g/mol. The van der Waals surface area contributed by atoms with Crippen LogP contribution in [0.15, 0.2) is 0 Å². The molecule has 0 aromatic heterocycles. The molecule has 97 valence electrons. The van der Waals surface area contributed by atoms with Crippen LogP contribution in [0.5, 0.6) is 0 Å². The summed E-state index contributed by atoms with van der Waals surface area (Å²) in [6.07, 6.45) is 0. The standard InChI is InChI=1S/Ce.H2O4S.8H2O/c;1-5(2,3)4;;;;;;;;/h;(H2,1,2,3,4);8*1H2/q+3;;;;;;;;;/p-2. The second kappa shape index (κ2) is 48.5. The fourth-order valence-corrected chi connectivity index (χ4v) is 0. The summed E-state index contributed by atoms with van der Waals surface area (Å²) in [6.45, 7) is 0. The quantitative estimate of drug-likeness (QED) is 0.291. The van der Waals surface area contributed by atoms with E-state index in [4.69, 9.17) is 17.5 Å². The van der Waals surface area contributed by atoms with E-state index in [2.05, 4.69) is 0 Å². The first-order valence-corrected chi connectivity index (χ1v) is 2.00. The van der Waals surface area contributed by atoms with Gasteiger partial charge in [-0.15, -0.1) is 0 Å². The van der Waals surface area contributed by atoms with Crippen molar-refractivity contribution in [1.29, 1.82) is 0 Å². The van der Waals surface area contributed by atoms with Crippen LogP contribution >= 0.6 is 0 Å². The molecule has 0 atom stereocenters. The number of rotatable bonds is 0. The van der Waals surface area contributed by atoms with Crippen LogP contribution in [0.1, 0.15) is 0 Å². The van der Waals surface area contributed by atoms with Gasteiger partial charge in [0.05, 0.1) is 0 Å². The summed E-state index contributed by atoms with van der Waals surface area (Å²) in [5.74, 6) is 0. The van der Waals surface area contributed by atoms with Crippen molar-refractivity contribution in [2.45, 2.75) is 0 Å². The summed E-state index contributed by atoms with van der Waals surface area (Å²) in [5, 5.41) is 0. The molecule has 0 aromatic rings. The molecule has 0 unspecified atom stereocenters. The van der Waals surface area contributed by atoms with Crippen molar-refractivity contribution >= 4 is 10.4 Å². The molecule has 0 fully saturated rings. The molecule has 0 spiro atoms. The minimum atomic E-state index is -5.17. The van der Waals surface area contributed by atoms with E-state index in [1.807, 2.05) is 0 Å². The van der Waals surface area contributed by atoms with E-state index in [-0.39, 0.29) is 85.6 Å². The number of hydrogen-bond acceptors (Lipinski definition) is 4. The fourth-order valence-electron chi connectivity index (χ4n) is 0. The molecule has 1 radical (unpaired) electrons. The molecular weight excluding hydrogens is 364 g/mol. The first-order chi connectivity index (χ1) is 2.00. The largest absolute Gasteiger partial charge is 3.00 e. The van der Waals surface area contributed by atoms with Gasteiger partial charge in [-0.25, -0.2) is 0 Å². The Morgan fingerprint density at radius 3 is 0.571 bits per heavy atom. The van der Waals surface area contributed by atoms with Crippen LogP contribution in [-0.4, -0.2) is 61.3 Å². The zero-order valence-corrected chi connectivity index (χ0v) is 10.5. The molecule has 0 heterocycles. The average Bonchev–Trinajstić information content (AvgIpc) is 0.722. The summed E-state index contributed by atoms with van der Waals surface area (Å²) in [5.41, 5.74) is 0. The molecule has 0 bridgehead atoms. The Kier molecular flexibility index (Phi) is 413. The Balaban J connectivity index is -0.00000000222. The van der Waals surface area contributed by atoms with Gasteiger partial charge in [0.15, 0.2) is 0 Å². The van der Waals surface area contributed by atoms with E-state index in [0.717, 1.165) is 0 Å². The normalized spacial score (nSPS) is 4.14. The predicted molar refractivity (Wildman–Crippen MR) is 39.4 cm³/mol. The molecule has 14 heteroatoms. The van der Waals surface area contributed by atoms with Gasteiger partial charge in [0.2, 0.25) is 0 Å². The summed E-state index contributed by atoms with van der Waals surface area (Å²) >= 11 is 0. The third-order valence-electron chi connectivity index (χ3n) is 0. The van der Waals surface area contributed by atoms with Crippen LogP contribution in [-0.2, 0) is 10.4 Å². The first kappa shape index (κ1) is 119. The zero-order valence-electron chi connectivity index (χ0n) is 6.54. The van der Waals surface area contributed by atoms with Crippen LogP contribution in [0.4, 0.5) is 0 Å². The van der Waals surface area contributed by atoms with E-state index in [0.29, 0.717) is 0 Å². The van der Waals surface area contributed by atoms with Crippen molar-refractivity contribution in [3.8, 4) is 0 Å². The summed E-state index contributed by atoms with van der Waals surface area (Å²) in [6, 6.07) is 0. The van der Waals surface area contributed by atoms with Crippen molar-refractivity contribution in [3.63, 3.8) is 0 Å². The van der Waals surface area contributed by atoms with Crippen LogP contribution in [0, 0.1) is 41.7 Å². The smallest absolute Gasteiger partial charge is 0.759 e. The molecule has 0 saturated carbocycles. The molecule has 0 aliphatic rings. The number of hydrogen-bond donors (Lipinski definition) is 0. The molecule has 0 saturated heterocycles. The third kappa shape index (κ3) is 2140. The molecule has 14 heavy (non-hydrogen) atoms. The minimum Gasteiger partial charge on any atom is -0.759 e. The van der Waals surface area contributed by atoms with Crippen molar-refractivity contribution < 1.29 is 103 Å². The Bertz CT molecular complexity index is 93.5. The van der Waals surface area contributed by atoms with E-state index in [9.17, 15) is 0 Å². The Labute approximate surface area is 113 Å². The maximum absolute atomic E-state index is 8.52. The van der Waals surface area contributed by atoms with Crippen molar-refractivity contribution in [1.82, 2.24) is 0 Å². The SMILES string of the molecule is O.O.O.O.O.O.O.O.O=S(=O)([O-])[O-].[Ce+3]. The molecule has 0 aliphatic heterocycles. The molecule has 0 aliphatic carbocycles. The summed E-state index contributed by atoms with van der Waals surface area (Å²) in [7, 11) is -5.17. The molecular formula is H16CeO12S+. The van der Waals surface area contributed by atoms with Gasteiger partial charge in [-0.3, -0.25) is 8.42 Å². The third-order valence-corrected chi connectivity index (χ3v) is 0. The van der Waals surface area contributed by atoms with Gasteiger partial charge >= 0.3 is 41.7 Å². The van der Waals surface area contributed by atoms with E-state index < -0.39 is 10.4 Å². The second-order valence-corrected chi connectivity index (χ2v) is 1.22.